The van der Waals surface area contributed by atoms with Crippen LogP contribution in [0.4, 0.5) is 0 Å². The molecule has 0 radical (unpaired) electrons. The van der Waals surface area contributed by atoms with Gasteiger partial charge in [-0.1, -0.05) is 29.5 Å². The number of aryl methyl sites for hydroxylation is 2. The van der Waals surface area contributed by atoms with Crippen LogP contribution in [0.25, 0.3) is 0 Å². The van der Waals surface area contributed by atoms with E-state index >= 15 is 0 Å². The van der Waals surface area contributed by atoms with E-state index in [0.717, 1.165) is 9.79 Å². The Labute approximate surface area is 115 Å². The molecule has 0 saturated carbocycles. The summed E-state index contributed by atoms with van der Waals surface area (Å²) in [5.74, 6) is -1.01. The Morgan fingerprint density at radius 2 is 1.63 bits per heavy atom. The summed E-state index contributed by atoms with van der Waals surface area (Å²) in [6.07, 6.45) is 0. The minimum absolute atomic E-state index is 0.396. The predicted molar refractivity (Wildman–Crippen MR) is 76.1 cm³/mol. The molecule has 0 aliphatic heterocycles. The van der Waals surface area contributed by atoms with Gasteiger partial charge in [-0.3, -0.25) is 4.79 Å². The lowest BCUT2D eigenvalue weighted by Crippen LogP contribution is -1.93. The van der Waals surface area contributed by atoms with Gasteiger partial charge in [-0.15, -0.1) is 0 Å². The van der Waals surface area contributed by atoms with Crippen LogP contribution in [-0.2, 0) is 0 Å². The monoisotopic (exact) mass is 274 g/mol. The van der Waals surface area contributed by atoms with Crippen molar-refractivity contribution in [3.05, 3.63) is 57.7 Å². The maximum Gasteiger partial charge on any atom is 0.224 e. The van der Waals surface area contributed by atoms with Crippen LogP contribution in [0.15, 0.2) is 51.0 Å². The highest BCUT2D eigenvalue weighted by molar-refractivity contribution is 7.99. The molecule has 0 aromatic heterocycles. The number of hydrogen-bond donors (Lipinski definition) is 2. The molecule has 0 atom stereocenters. The summed E-state index contributed by atoms with van der Waals surface area (Å²) in [6.45, 7) is 3.78. The van der Waals surface area contributed by atoms with Gasteiger partial charge in [0.1, 0.15) is 0 Å². The van der Waals surface area contributed by atoms with Crippen molar-refractivity contribution in [1.29, 1.82) is 0 Å². The van der Waals surface area contributed by atoms with Gasteiger partial charge in [0, 0.05) is 9.79 Å². The average molecular weight is 274 g/mol. The Balaban J connectivity index is 2.46. The molecule has 2 N–H and O–H groups in total. The highest BCUT2D eigenvalue weighted by Crippen LogP contribution is 2.33. The van der Waals surface area contributed by atoms with Crippen molar-refractivity contribution < 1.29 is 10.2 Å². The fourth-order valence-electron chi connectivity index (χ4n) is 1.61. The van der Waals surface area contributed by atoms with E-state index in [9.17, 15) is 15.0 Å². The third-order valence-electron chi connectivity index (χ3n) is 2.73. The zero-order valence-electron chi connectivity index (χ0n) is 10.7. The molecule has 2 rings (SSSR count). The van der Waals surface area contributed by atoms with Crippen LogP contribution in [0.1, 0.15) is 11.1 Å². The Hall–Kier alpha value is -1.94. The van der Waals surface area contributed by atoms with Crippen LogP contribution in [0.2, 0.25) is 0 Å². The molecule has 2 aromatic carbocycles. The first-order chi connectivity index (χ1) is 8.97. The maximum atomic E-state index is 11.5. The third-order valence-corrected chi connectivity index (χ3v) is 3.90. The summed E-state index contributed by atoms with van der Waals surface area (Å²) < 4.78 is 0. The summed E-state index contributed by atoms with van der Waals surface area (Å²) in [6, 6.07) is 10.7. The Kier molecular flexibility index (Phi) is 3.81. The van der Waals surface area contributed by atoms with Crippen LogP contribution < -0.4 is 5.43 Å². The zero-order chi connectivity index (χ0) is 14.0. The summed E-state index contributed by atoms with van der Waals surface area (Å²) in [7, 11) is 0. The van der Waals surface area contributed by atoms with Gasteiger partial charge in [0.15, 0.2) is 5.75 Å². The minimum Gasteiger partial charge on any atom is -0.504 e. The fraction of sp³-hybridized carbons (Fsp3) is 0.133. The smallest absolute Gasteiger partial charge is 0.224 e. The van der Waals surface area contributed by atoms with Gasteiger partial charge in [0.05, 0.1) is 0 Å². The van der Waals surface area contributed by atoms with E-state index in [1.54, 1.807) is 6.92 Å². The van der Waals surface area contributed by atoms with E-state index in [1.165, 1.54) is 29.5 Å². The lowest BCUT2D eigenvalue weighted by Gasteiger charge is -2.03. The van der Waals surface area contributed by atoms with E-state index in [0.29, 0.717) is 5.56 Å². The SMILES string of the molecule is Cc1ccc(Sc2cc(O)c(O)c(=O)cc2C)cc1. The number of benzene rings is 1. The molecule has 0 unspecified atom stereocenters. The first-order valence-corrected chi connectivity index (χ1v) is 6.60. The second-order valence-corrected chi connectivity index (χ2v) is 5.46. The summed E-state index contributed by atoms with van der Waals surface area (Å²) in [5.41, 5.74) is 1.30. The number of aromatic hydroxyl groups is 2. The van der Waals surface area contributed by atoms with Gasteiger partial charge >= 0.3 is 0 Å². The molecule has 98 valence electrons. The topological polar surface area (TPSA) is 57.5 Å². The van der Waals surface area contributed by atoms with Crippen molar-refractivity contribution in [3.63, 3.8) is 0 Å². The maximum absolute atomic E-state index is 11.5. The molecule has 0 spiro atoms. The lowest BCUT2D eigenvalue weighted by molar-refractivity contribution is 0.401. The fourth-order valence-corrected chi connectivity index (χ4v) is 2.53. The molecule has 19 heavy (non-hydrogen) atoms. The Morgan fingerprint density at radius 3 is 2.26 bits per heavy atom. The van der Waals surface area contributed by atoms with E-state index in [1.807, 2.05) is 31.2 Å². The van der Waals surface area contributed by atoms with Gasteiger partial charge in [-0.05, 0) is 43.7 Å². The summed E-state index contributed by atoms with van der Waals surface area (Å²) >= 11 is 1.44. The van der Waals surface area contributed by atoms with Crippen LogP contribution >= 0.6 is 11.8 Å². The first kappa shape index (κ1) is 13.5. The predicted octanol–water partition coefficient (Wildman–Crippen LogP) is 3.23. The van der Waals surface area contributed by atoms with E-state index in [2.05, 4.69) is 0 Å². The van der Waals surface area contributed by atoms with Crippen LogP contribution in [0.3, 0.4) is 0 Å². The van der Waals surface area contributed by atoms with Gasteiger partial charge in [-0.25, -0.2) is 0 Å². The standard InChI is InChI=1S/C15H14O3S/c1-9-3-5-11(6-4-9)19-14-8-13(17)15(18)12(16)7-10(14)2/h3-8H,1-2H3,(H2,16,17,18). The van der Waals surface area contributed by atoms with Gasteiger partial charge in [0.25, 0.3) is 0 Å². The molecule has 0 aliphatic rings. The molecule has 0 saturated heterocycles. The minimum atomic E-state index is -0.612. The van der Waals surface area contributed by atoms with E-state index in [4.69, 9.17) is 0 Å². The summed E-state index contributed by atoms with van der Waals surface area (Å²) in [4.78, 5) is 13.2. The largest absolute Gasteiger partial charge is 0.504 e. The Morgan fingerprint density at radius 1 is 1.00 bits per heavy atom. The van der Waals surface area contributed by atoms with E-state index < -0.39 is 16.9 Å². The van der Waals surface area contributed by atoms with Crippen molar-refractivity contribution >= 4 is 11.8 Å². The van der Waals surface area contributed by atoms with Crippen molar-refractivity contribution in [1.82, 2.24) is 0 Å². The molecular weight excluding hydrogens is 260 g/mol. The molecule has 0 amide bonds. The molecule has 2 aromatic rings. The molecule has 0 bridgehead atoms. The van der Waals surface area contributed by atoms with Crippen LogP contribution in [0.5, 0.6) is 11.5 Å². The molecule has 3 nitrogen and oxygen atoms in total. The quantitative estimate of drug-likeness (QED) is 0.882. The second-order valence-electron chi connectivity index (χ2n) is 4.35. The molecule has 4 heteroatoms. The van der Waals surface area contributed by atoms with Crippen LogP contribution in [0, 0.1) is 13.8 Å². The van der Waals surface area contributed by atoms with Gasteiger partial charge in [-0.2, -0.15) is 0 Å². The molecular formula is C15H14O3S. The molecule has 0 heterocycles. The lowest BCUT2D eigenvalue weighted by atomic mass is 10.2. The summed E-state index contributed by atoms with van der Waals surface area (Å²) in [5, 5.41) is 19.1. The van der Waals surface area contributed by atoms with Crippen molar-refractivity contribution in [2.75, 3.05) is 0 Å². The van der Waals surface area contributed by atoms with Gasteiger partial charge < -0.3 is 10.2 Å². The second kappa shape index (κ2) is 5.36. The highest BCUT2D eigenvalue weighted by atomic mass is 32.2. The van der Waals surface area contributed by atoms with Crippen molar-refractivity contribution in [2.45, 2.75) is 23.6 Å². The average Bonchev–Trinajstić information content (AvgIpc) is 2.46. The van der Waals surface area contributed by atoms with Crippen LogP contribution in [-0.4, -0.2) is 10.2 Å². The van der Waals surface area contributed by atoms with Crippen molar-refractivity contribution in [3.8, 4) is 11.5 Å². The molecule has 0 aliphatic carbocycles. The number of rotatable bonds is 2. The normalized spacial score (nSPS) is 10.4. The molecule has 0 fully saturated rings. The van der Waals surface area contributed by atoms with E-state index in [-0.39, 0.29) is 0 Å². The zero-order valence-corrected chi connectivity index (χ0v) is 11.5. The third kappa shape index (κ3) is 3.09. The first-order valence-electron chi connectivity index (χ1n) is 5.79. The Bertz CT molecular complexity index is 663. The van der Waals surface area contributed by atoms with Crippen molar-refractivity contribution in [2.24, 2.45) is 0 Å². The number of hydrogen-bond acceptors (Lipinski definition) is 4. The highest BCUT2D eigenvalue weighted by Gasteiger charge is 2.08. The van der Waals surface area contributed by atoms with Gasteiger partial charge in [0.2, 0.25) is 11.2 Å².